The SMILES string of the molecule is O=C(Cn1ccc(=O)c2cc(F)ccc21)Nc1ccc(Oc2ccccc2)cc1. The highest BCUT2D eigenvalue weighted by molar-refractivity contribution is 5.91. The average Bonchev–Trinajstić information content (AvgIpc) is 2.72. The monoisotopic (exact) mass is 388 g/mol. The molecule has 4 rings (SSSR count). The molecular formula is C23H17FN2O3. The quantitative estimate of drug-likeness (QED) is 0.545. The Morgan fingerprint density at radius 2 is 1.66 bits per heavy atom. The number of amides is 1. The topological polar surface area (TPSA) is 60.3 Å². The van der Waals surface area contributed by atoms with Crippen molar-refractivity contribution in [2.45, 2.75) is 6.54 Å². The van der Waals surface area contributed by atoms with Crippen LogP contribution in [0.15, 0.2) is 89.9 Å². The maximum absolute atomic E-state index is 13.4. The van der Waals surface area contributed by atoms with Crippen molar-refractivity contribution >= 4 is 22.5 Å². The predicted molar refractivity (Wildman–Crippen MR) is 110 cm³/mol. The van der Waals surface area contributed by atoms with Crippen molar-refractivity contribution in [3.05, 3.63) is 101 Å². The van der Waals surface area contributed by atoms with Crippen LogP contribution in [-0.4, -0.2) is 10.5 Å². The molecule has 1 heterocycles. The Balaban J connectivity index is 1.46. The molecule has 0 saturated carbocycles. The number of pyridine rings is 1. The normalized spacial score (nSPS) is 10.7. The summed E-state index contributed by atoms with van der Waals surface area (Å²) in [5.74, 6) is 0.624. The van der Waals surface area contributed by atoms with E-state index >= 15 is 0 Å². The van der Waals surface area contributed by atoms with Crippen LogP contribution in [0.1, 0.15) is 0 Å². The number of hydrogen-bond acceptors (Lipinski definition) is 3. The van der Waals surface area contributed by atoms with E-state index in [1.807, 2.05) is 30.3 Å². The van der Waals surface area contributed by atoms with Gasteiger partial charge in [0.25, 0.3) is 0 Å². The molecule has 0 unspecified atom stereocenters. The molecule has 0 saturated heterocycles. The van der Waals surface area contributed by atoms with Crippen LogP contribution in [0.5, 0.6) is 11.5 Å². The molecule has 0 aliphatic carbocycles. The van der Waals surface area contributed by atoms with Crippen LogP contribution in [0.3, 0.4) is 0 Å². The second-order valence-corrected chi connectivity index (χ2v) is 6.46. The van der Waals surface area contributed by atoms with Gasteiger partial charge in [0.05, 0.1) is 5.52 Å². The van der Waals surface area contributed by atoms with Gasteiger partial charge in [0, 0.05) is 23.3 Å². The minimum atomic E-state index is -0.491. The molecule has 1 aromatic heterocycles. The highest BCUT2D eigenvalue weighted by Gasteiger charge is 2.09. The van der Waals surface area contributed by atoms with Gasteiger partial charge in [-0.15, -0.1) is 0 Å². The number of anilines is 1. The van der Waals surface area contributed by atoms with Crippen LogP contribution in [0.2, 0.25) is 0 Å². The van der Waals surface area contributed by atoms with Gasteiger partial charge >= 0.3 is 0 Å². The standard InChI is InChI=1S/C23H17FN2O3/c24-16-6-11-21-20(14-16)22(27)12-13-26(21)15-23(28)25-17-7-9-19(10-8-17)29-18-4-2-1-3-5-18/h1-14H,15H2,(H,25,28). The van der Waals surface area contributed by atoms with Gasteiger partial charge in [-0.2, -0.15) is 0 Å². The molecule has 4 aromatic rings. The van der Waals surface area contributed by atoms with Crippen LogP contribution in [0, 0.1) is 5.82 Å². The number of aromatic nitrogens is 1. The van der Waals surface area contributed by atoms with Crippen molar-refractivity contribution in [2.75, 3.05) is 5.32 Å². The maximum atomic E-state index is 13.4. The van der Waals surface area contributed by atoms with Crippen LogP contribution in [-0.2, 0) is 11.3 Å². The summed E-state index contributed by atoms with van der Waals surface area (Å²) in [6.07, 6.45) is 1.53. The zero-order valence-electron chi connectivity index (χ0n) is 15.3. The van der Waals surface area contributed by atoms with Gasteiger partial charge < -0.3 is 14.6 Å². The number of fused-ring (bicyclic) bond motifs is 1. The molecular weight excluding hydrogens is 371 g/mol. The molecule has 144 valence electrons. The average molecular weight is 388 g/mol. The number of hydrogen-bond donors (Lipinski definition) is 1. The lowest BCUT2D eigenvalue weighted by molar-refractivity contribution is -0.116. The molecule has 0 radical (unpaired) electrons. The van der Waals surface area contributed by atoms with Gasteiger partial charge in [-0.05, 0) is 54.6 Å². The highest BCUT2D eigenvalue weighted by Crippen LogP contribution is 2.22. The third kappa shape index (κ3) is 4.32. The number of halogens is 1. The number of ether oxygens (including phenoxy) is 1. The zero-order valence-corrected chi connectivity index (χ0v) is 15.3. The highest BCUT2D eigenvalue weighted by atomic mass is 19.1. The smallest absolute Gasteiger partial charge is 0.244 e. The number of nitrogens with zero attached hydrogens (tertiary/aromatic N) is 1. The van der Waals surface area contributed by atoms with E-state index in [4.69, 9.17) is 4.74 Å². The number of benzene rings is 3. The summed E-state index contributed by atoms with van der Waals surface area (Å²) in [5, 5.41) is 3.04. The fourth-order valence-electron chi connectivity index (χ4n) is 3.01. The molecule has 0 aliphatic heterocycles. The first-order valence-corrected chi connectivity index (χ1v) is 9.00. The van der Waals surface area contributed by atoms with E-state index in [0.29, 0.717) is 17.0 Å². The first-order chi connectivity index (χ1) is 14.1. The minimum Gasteiger partial charge on any atom is -0.457 e. The third-order valence-corrected chi connectivity index (χ3v) is 4.37. The largest absolute Gasteiger partial charge is 0.457 e. The van der Waals surface area contributed by atoms with Gasteiger partial charge in [0.1, 0.15) is 23.9 Å². The molecule has 0 aliphatic rings. The molecule has 3 aromatic carbocycles. The van der Waals surface area contributed by atoms with E-state index < -0.39 is 5.82 Å². The Kier molecular flexibility index (Phi) is 5.07. The maximum Gasteiger partial charge on any atom is 0.244 e. The number of para-hydroxylation sites is 1. The Morgan fingerprint density at radius 1 is 0.931 bits per heavy atom. The van der Waals surface area contributed by atoms with Crippen LogP contribution in [0.4, 0.5) is 10.1 Å². The van der Waals surface area contributed by atoms with Crippen LogP contribution < -0.4 is 15.5 Å². The summed E-state index contributed by atoms with van der Waals surface area (Å²) in [6, 6.07) is 21.7. The molecule has 5 nitrogen and oxygen atoms in total. The fourth-order valence-corrected chi connectivity index (χ4v) is 3.01. The van der Waals surface area contributed by atoms with Gasteiger partial charge in [0.2, 0.25) is 5.91 Å². The van der Waals surface area contributed by atoms with Crippen LogP contribution in [0.25, 0.3) is 10.9 Å². The summed E-state index contributed by atoms with van der Waals surface area (Å²) in [5.41, 5.74) is 0.831. The summed E-state index contributed by atoms with van der Waals surface area (Å²) in [4.78, 5) is 24.4. The molecule has 0 bridgehead atoms. The van der Waals surface area contributed by atoms with Crippen molar-refractivity contribution in [2.24, 2.45) is 0 Å². The van der Waals surface area contributed by atoms with E-state index in [1.165, 1.54) is 30.5 Å². The van der Waals surface area contributed by atoms with Crippen LogP contribution >= 0.6 is 0 Å². The number of nitrogens with one attached hydrogen (secondary N) is 1. The summed E-state index contributed by atoms with van der Waals surface area (Å²) in [7, 11) is 0. The minimum absolute atomic E-state index is 0.00925. The van der Waals surface area contributed by atoms with E-state index in [-0.39, 0.29) is 23.3 Å². The summed E-state index contributed by atoms with van der Waals surface area (Å²) >= 11 is 0. The van der Waals surface area contributed by atoms with Gasteiger partial charge in [0.15, 0.2) is 5.43 Å². The number of carbonyl (C=O) groups excluding carboxylic acids is 1. The van der Waals surface area contributed by atoms with Crippen molar-refractivity contribution in [3.8, 4) is 11.5 Å². The second-order valence-electron chi connectivity index (χ2n) is 6.46. The van der Waals surface area contributed by atoms with E-state index in [2.05, 4.69) is 5.32 Å². The van der Waals surface area contributed by atoms with Crippen molar-refractivity contribution < 1.29 is 13.9 Å². The summed E-state index contributed by atoms with van der Waals surface area (Å²) in [6.45, 7) is -0.00925. The van der Waals surface area contributed by atoms with Crippen molar-refractivity contribution in [1.29, 1.82) is 0 Å². The number of carbonyl (C=O) groups is 1. The van der Waals surface area contributed by atoms with Gasteiger partial charge in [-0.3, -0.25) is 9.59 Å². The zero-order chi connectivity index (χ0) is 20.2. The lowest BCUT2D eigenvalue weighted by Crippen LogP contribution is -2.20. The van der Waals surface area contributed by atoms with E-state index in [0.717, 1.165) is 5.75 Å². The molecule has 0 atom stereocenters. The molecule has 1 amide bonds. The third-order valence-electron chi connectivity index (χ3n) is 4.37. The summed E-state index contributed by atoms with van der Waals surface area (Å²) < 4.78 is 20.8. The first-order valence-electron chi connectivity index (χ1n) is 9.00. The molecule has 6 heteroatoms. The van der Waals surface area contributed by atoms with E-state index in [1.54, 1.807) is 28.8 Å². The lowest BCUT2D eigenvalue weighted by atomic mass is 10.2. The van der Waals surface area contributed by atoms with Gasteiger partial charge in [-0.25, -0.2) is 4.39 Å². The second kappa shape index (κ2) is 7.98. The first kappa shape index (κ1) is 18.4. The molecule has 29 heavy (non-hydrogen) atoms. The Bertz CT molecular complexity index is 1220. The Morgan fingerprint density at radius 3 is 2.41 bits per heavy atom. The Hall–Kier alpha value is -3.93. The van der Waals surface area contributed by atoms with Gasteiger partial charge in [-0.1, -0.05) is 18.2 Å². The molecule has 0 fully saturated rings. The Labute approximate surface area is 166 Å². The molecule has 0 spiro atoms. The van der Waals surface area contributed by atoms with Crippen molar-refractivity contribution in [1.82, 2.24) is 4.57 Å². The van der Waals surface area contributed by atoms with E-state index in [9.17, 15) is 14.0 Å². The fraction of sp³-hybridized carbons (Fsp3) is 0.0435. The molecule has 1 N–H and O–H groups in total. The predicted octanol–water partition coefficient (Wildman–Crippen LogP) is 4.57. The van der Waals surface area contributed by atoms with Crippen molar-refractivity contribution in [3.63, 3.8) is 0 Å². The lowest BCUT2D eigenvalue weighted by Gasteiger charge is -2.12. The number of rotatable bonds is 5.